The molecule has 0 aromatic heterocycles. The van der Waals surface area contributed by atoms with Crippen molar-refractivity contribution >= 4 is 29.2 Å². The number of nitrogens with one attached hydrogen (secondary N) is 2. The highest BCUT2D eigenvalue weighted by atomic mass is 16.4. The standard InChI is InChI=1S/C17H20N2O4/c1-2-15(20)18-11-7-9-12(10-8-11)19-16(21)13-5-3-4-6-14(13)17(22)23/h3-4,7-10,13-14H,2,5-6H2,1H3,(H,18,20)(H,19,21)(H,22,23)/t13-,14-/m0/s1. The second kappa shape index (κ2) is 7.58. The first kappa shape index (κ1) is 16.7. The number of carbonyl (C=O) groups is 3. The first-order valence-corrected chi connectivity index (χ1v) is 7.60. The van der Waals surface area contributed by atoms with E-state index in [0.717, 1.165) is 0 Å². The number of carbonyl (C=O) groups excluding carboxylic acids is 2. The van der Waals surface area contributed by atoms with Gasteiger partial charge in [0.1, 0.15) is 0 Å². The average molecular weight is 316 g/mol. The largest absolute Gasteiger partial charge is 0.481 e. The van der Waals surface area contributed by atoms with Gasteiger partial charge >= 0.3 is 5.97 Å². The molecule has 23 heavy (non-hydrogen) atoms. The summed E-state index contributed by atoms with van der Waals surface area (Å²) in [6, 6.07) is 6.74. The van der Waals surface area contributed by atoms with Crippen LogP contribution in [0.5, 0.6) is 0 Å². The fraction of sp³-hybridized carbons (Fsp3) is 0.353. The molecule has 0 unspecified atom stereocenters. The quantitative estimate of drug-likeness (QED) is 0.728. The SMILES string of the molecule is CCC(=O)Nc1ccc(NC(=O)[C@H]2CC=CC[C@@H]2C(=O)O)cc1. The van der Waals surface area contributed by atoms with Gasteiger partial charge in [-0.2, -0.15) is 0 Å². The van der Waals surface area contributed by atoms with Crippen LogP contribution >= 0.6 is 0 Å². The minimum absolute atomic E-state index is 0.0833. The van der Waals surface area contributed by atoms with E-state index in [1.54, 1.807) is 37.3 Å². The number of amides is 2. The van der Waals surface area contributed by atoms with Gasteiger partial charge in [0.25, 0.3) is 0 Å². The zero-order valence-corrected chi connectivity index (χ0v) is 12.9. The topological polar surface area (TPSA) is 95.5 Å². The van der Waals surface area contributed by atoms with E-state index in [1.807, 2.05) is 6.08 Å². The summed E-state index contributed by atoms with van der Waals surface area (Å²) < 4.78 is 0. The van der Waals surface area contributed by atoms with Gasteiger partial charge in [-0.05, 0) is 37.1 Å². The number of hydrogen-bond acceptors (Lipinski definition) is 3. The summed E-state index contributed by atoms with van der Waals surface area (Å²) in [5.41, 5.74) is 1.22. The number of anilines is 2. The molecule has 2 amide bonds. The maximum atomic E-state index is 12.3. The highest BCUT2D eigenvalue weighted by molar-refractivity contribution is 5.96. The predicted octanol–water partition coefficient (Wildman–Crippen LogP) is 2.64. The third kappa shape index (κ3) is 4.42. The third-order valence-electron chi connectivity index (χ3n) is 3.84. The first-order valence-electron chi connectivity index (χ1n) is 7.60. The lowest BCUT2D eigenvalue weighted by molar-refractivity contribution is -0.146. The van der Waals surface area contributed by atoms with Crippen LogP contribution in [0.15, 0.2) is 36.4 Å². The number of carboxylic acids is 1. The Morgan fingerprint density at radius 3 is 2.04 bits per heavy atom. The molecule has 0 fully saturated rings. The maximum absolute atomic E-state index is 12.3. The molecule has 122 valence electrons. The summed E-state index contributed by atoms with van der Waals surface area (Å²) >= 11 is 0. The van der Waals surface area contributed by atoms with Gasteiger partial charge in [-0.25, -0.2) is 0 Å². The van der Waals surface area contributed by atoms with Crippen LogP contribution in [-0.4, -0.2) is 22.9 Å². The lowest BCUT2D eigenvalue weighted by Crippen LogP contribution is -2.34. The lowest BCUT2D eigenvalue weighted by atomic mass is 9.82. The highest BCUT2D eigenvalue weighted by Crippen LogP contribution is 2.27. The van der Waals surface area contributed by atoms with Crippen LogP contribution in [0.3, 0.4) is 0 Å². The van der Waals surface area contributed by atoms with E-state index in [-0.39, 0.29) is 11.8 Å². The third-order valence-corrected chi connectivity index (χ3v) is 3.84. The summed E-state index contributed by atoms with van der Waals surface area (Å²) in [6.07, 6.45) is 4.83. The van der Waals surface area contributed by atoms with Crippen molar-refractivity contribution in [1.29, 1.82) is 0 Å². The van der Waals surface area contributed by atoms with Gasteiger partial charge in [-0.15, -0.1) is 0 Å². The summed E-state index contributed by atoms with van der Waals surface area (Å²) in [6.45, 7) is 1.77. The number of hydrogen-bond donors (Lipinski definition) is 3. The molecular weight excluding hydrogens is 296 g/mol. The van der Waals surface area contributed by atoms with Crippen LogP contribution in [0.25, 0.3) is 0 Å². The molecule has 0 saturated carbocycles. The van der Waals surface area contributed by atoms with Gasteiger partial charge in [0.15, 0.2) is 0 Å². The van der Waals surface area contributed by atoms with Crippen LogP contribution in [0, 0.1) is 11.8 Å². The van der Waals surface area contributed by atoms with Gasteiger partial charge in [0.05, 0.1) is 11.8 Å². The van der Waals surface area contributed by atoms with Gasteiger partial charge < -0.3 is 15.7 Å². The molecule has 1 aliphatic rings. The van der Waals surface area contributed by atoms with E-state index in [4.69, 9.17) is 0 Å². The lowest BCUT2D eigenvalue weighted by Gasteiger charge is -2.24. The molecule has 0 aliphatic heterocycles. The van der Waals surface area contributed by atoms with E-state index in [9.17, 15) is 19.5 Å². The van der Waals surface area contributed by atoms with Crippen LogP contribution < -0.4 is 10.6 Å². The second-order valence-corrected chi connectivity index (χ2v) is 5.46. The summed E-state index contributed by atoms with van der Waals surface area (Å²) in [5, 5.41) is 14.7. The Balaban J connectivity index is 2.00. The summed E-state index contributed by atoms with van der Waals surface area (Å²) in [7, 11) is 0. The normalized spacial score (nSPS) is 19.9. The van der Waals surface area contributed by atoms with Gasteiger partial charge in [-0.1, -0.05) is 19.1 Å². The minimum Gasteiger partial charge on any atom is -0.481 e. The van der Waals surface area contributed by atoms with Crippen molar-refractivity contribution in [3.05, 3.63) is 36.4 Å². The van der Waals surface area contributed by atoms with E-state index >= 15 is 0 Å². The second-order valence-electron chi connectivity index (χ2n) is 5.46. The fourth-order valence-corrected chi connectivity index (χ4v) is 2.50. The van der Waals surface area contributed by atoms with E-state index in [1.165, 1.54) is 0 Å². The van der Waals surface area contributed by atoms with Gasteiger partial charge in [0.2, 0.25) is 11.8 Å². The molecule has 0 bridgehead atoms. The molecule has 0 saturated heterocycles. The molecule has 0 radical (unpaired) electrons. The molecule has 1 aromatic carbocycles. The Hall–Kier alpha value is -2.63. The first-order chi connectivity index (χ1) is 11.0. The average Bonchev–Trinajstić information content (AvgIpc) is 2.56. The zero-order valence-electron chi connectivity index (χ0n) is 12.9. The fourth-order valence-electron chi connectivity index (χ4n) is 2.50. The molecule has 1 aliphatic carbocycles. The van der Waals surface area contributed by atoms with Crippen molar-refractivity contribution in [1.82, 2.24) is 0 Å². The minimum atomic E-state index is -0.952. The molecule has 2 rings (SSSR count). The Morgan fingerprint density at radius 1 is 1.00 bits per heavy atom. The Labute approximate surface area is 134 Å². The van der Waals surface area contributed by atoms with Crippen molar-refractivity contribution < 1.29 is 19.5 Å². The van der Waals surface area contributed by atoms with Crippen LogP contribution in [0.2, 0.25) is 0 Å². The molecule has 0 spiro atoms. The Kier molecular flexibility index (Phi) is 5.51. The van der Waals surface area contributed by atoms with E-state index in [0.29, 0.717) is 30.6 Å². The molecule has 6 nitrogen and oxygen atoms in total. The smallest absolute Gasteiger partial charge is 0.307 e. The highest BCUT2D eigenvalue weighted by Gasteiger charge is 2.33. The number of rotatable bonds is 5. The van der Waals surface area contributed by atoms with E-state index in [2.05, 4.69) is 10.6 Å². The Morgan fingerprint density at radius 2 is 1.52 bits per heavy atom. The molecule has 2 atom stereocenters. The van der Waals surface area contributed by atoms with Crippen molar-refractivity contribution in [3.63, 3.8) is 0 Å². The molecule has 0 heterocycles. The van der Waals surface area contributed by atoms with Crippen molar-refractivity contribution in [3.8, 4) is 0 Å². The van der Waals surface area contributed by atoms with Crippen molar-refractivity contribution in [2.75, 3.05) is 10.6 Å². The molecular formula is C17H20N2O4. The zero-order chi connectivity index (χ0) is 16.8. The number of allylic oxidation sites excluding steroid dienone is 2. The molecule has 1 aromatic rings. The number of carboxylic acid groups (broad SMARTS) is 1. The van der Waals surface area contributed by atoms with Crippen molar-refractivity contribution in [2.45, 2.75) is 26.2 Å². The van der Waals surface area contributed by atoms with Crippen LogP contribution in [-0.2, 0) is 14.4 Å². The van der Waals surface area contributed by atoms with Gasteiger partial charge in [0, 0.05) is 17.8 Å². The molecule has 3 N–H and O–H groups in total. The number of aliphatic carboxylic acids is 1. The number of benzene rings is 1. The monoisotopic (exact) mass is 316 g/mol. The van der Waals surface area contributed by atoms with Gasteiger partial charge in [-0.3, -0.25) is 14.4 Å². The Bertz CT molecular complexity index is 622. The summed E-state index contributed by atoms with van der Waals surface area (Å²) in [4.78, 5) is 34.9. The maximum Gasteiger partial charge on any atom is 0.307 e. The summed E-state index contributed by atoms with van der Waals surface area (Å²) in [5.74, 6) is -2.60. The van der Waals surface area contributed by atoms with Crippen LogP contribution in [0.4, 0.5) is 11.4 Å². The van der Waals surface area contributed by atoms with Crippen molar-refractivity contribution in [2.24, 2.45) is 11.8 Å². The van der Waals surface area contributed by atoms with Crippen LogP contribution in [0.1, 0.15) is 26.2 Å². The van der Waals surface area contributed by atoms with E-state index < -0.39 is 17.8 Å². The predicted molar refractivity (Wildman–Crippen MR) is 87.0 cm³/mol. The molecule has 6 heteroatoms.